The smallest absolute Gasteiger partial charge is 0.259 e. The number of thioether (sulfide) groups is 1. The molecular formula is C21H24N4O4S2. The minimum absolute atomic E-state index is 0.0982. The first-order valence-corrected chi connectivity index (χ1v) is 11.5. The van der Waals surface area contributed by atoms with Gasteiger partial charge in [-0.3, -0.25) is 14.4 Å². The van der Waals surface area contributed by atoms with E-state index >= 15 is 0 Å². The van der Waals surface area contributed by atoms with E-state index in [1.807, 2.05) is 13.8 Å². The van der Waals surface area contributed by atoms with Crippen LogP contribution in [-0.4, -0.2) is 40.7 Å². The Balaban J connectivity index is 1.59. The van der Waals surface area contributed by atoms with Crippen molar-refractivity contribution in [2.75, 3.05) is 19.0 Å². The summed E-state index contributed by atoms with van der Waals surface area (Å²) in [5.41, 5.74) is 1.39. The maximum absolute atomic E-state index is 12.6. The molecule has 2 heterocycles. The Bertz CT molecular complexity index is 1170. The van der Waals surface area contributed by atoms with Crippen LogP contribution in [0.3, 0.4) is 0 Å². The molecule has 1 atom stereocenters. The summed E-state index contributed by atoms with van der Waals surface area (Å²) in [5, 5.41) is 5.59. The fourth-order valence-electron chi connectivity index (χ4n) is 2.78. The zero-order chi connectivity index (χ0) is 22.5. The average molecular weight is 461 g/mol. The Kier molecular flexibility index (Phi) is 7.34. The maximum Gasteiger partial charge on any atom is 0.259 e. The summed E-state index contributed by atoms with van der Waals surface area (Å²) in [4.78, 5) is 45.4. The van der Waals surface area contributed by atoms with Gasteiger partial charge in [0.1, 0.15) is 16.4 Å². The SMILES string of the molecule is CNC(=O)COc1cccc(NC(=O)C(C)SCc2nc3sc(C)c(C)c3c(=O)[nH]2)c1. The molecule has 164 valence electrons. The predicted octanol–water partition coefficient (Wildman–Crippen LogP) is 2.99. The first kappa shape index (κ1) is 22.8. The second-order valence-electron chi connectivity index (χ2n) is 6.91. The monoisotopic (exact) mass is 460 g/mol. The van der Waals surface area contributed by atoms with Crippen LogP contribution in [0.5, 0.6) is 5.75 Å². The normalized spacial score (nSPS) is 11.9. The number of hydrogen-bond acceptors (Lipinski definition) is 7. The highest BCUT2D eigenvalue weighted by atomic mass is 32.2. The molecule has 0 fully saturated rings. The molecule has 1 unspecified atom stereocenters. The molecule has 0 aliphatic heterocycles. The number of nitrogens with one attached hydrogen (secondary N) is 3. The summed E-state index contributed by atoms with van der Waals surface area (Å²) in [6.45, 7) is 5.59. The quantitative estimate of drug-likeness (QED) is 0.476. The number of fused-ring (bicyclic) bond motifs is 1. The number of hydrogen-bond donors (Lipinski definition) is 3. The zero-order valence-corrected chi connectivity index (χ0v) is 19.3. The van der Waals surface area contributed by atoms with Crippen LogP contribution in [0.1, 0.15) is 23.2 Å². The van der Waals surface area contributed by atoms with Crippen molar-refractivity contribution < 1.29 is 14.3 Å². The molecule has 3 rings (SSSR count). The van der Waals surface area contributed by atoms with Crippen LogP contribution >= 0.6 is 23.1 Å². The minimum Gasteiger partial charge on any atom is -0.484 e. The number of nitrogens with zero attached hydrogens (tertiary/aromatic N) is 1. The summed E-state index contributed by atoms with van der Waals surface area (Å²) >= 11 is 2.88. The third-order valence-electron chi connectivity index (χ3n) is 4.68. The third-order valence-corrected chi connectivity index (χ3v) is 6.93. The highest BCUT2D eigenvalue weighted by molar-refractivity contribution is 7.99. The number of carbonyl (C=O) groups is 2. The van der Waals surface area contributed by atoms with E-state index in [1.54, 1.807) is 31.2 Å². The van der Waals surface area contributed by atoms with Crippen molar-refractivity contribution >= 4 is 50.8 Å². The van der Waals surface area contributed by atoms with Crippen molar-refractivity contribution in [1.29, 1.82) is 0 Å². The van der Waals surface area contributed by atoms with Gasteiger partial charge < -0.3 is 20.4 Å². The van der Waals surface area contributed by atoms with Gasteiger partial charge in [-0.05, 0) is 38.5 Å². The number of rotatable bonds is 8. The summed E-state index contributed by atoms with van der Waals surface area (Å²) in [5.74, 6) is 1.02. The molecule has 0 radical (unpaired) electrons. The second-order valence-corrected chi connectivity index (χ2v) is 9.44. The van der Waals surface area contributed by atoms with Gasteiger partial charge in [-0.25, -0.2) is 4.98 Å². The minimum atomic E-state index is -0.372. The number of thiophene rings is 1. The molecule has 0 saturated carbocycles. The Labute approximate surface area is 187 Å². The third kappa shape index (κ3) is 5.65. The van der Waals surface area contributed by atoms with Crippen LogP contribution < -0.4 is 20.9 Å². The molecule has 0 saturated heterocycles. The van der Waals surface area contributed by atoms with Gasteiger partial charge in [0.25, 0.3) is 11.5 Å². The van der Waals surface area contributed by atoms with Crippen LogP contribution in [-0.2, 0) is 15.3 Å². The summed E-state index contributed by atoms with van der Waals surface area (Å²) in [7, 11) is 1.53. The number of carbonyl (C=O) groups excluding carboxylic acids is 2. The number of aryl methyl sites for hydroxylation is 2. The summed E-state index contributed by atoms with van der Waals surface area (Å²) in [6, 6.07) is 6.85. The van der Waals surface area contributed by atoms with Crippen molar-refractivity contribution in [2.24, 2.45) is 0 Å². The Morgan fingerprint density at radius 1 is 1.32 bits per heavy atom. The predicted molar refractivity (Wildman–Crippen MR) is 125 cm³/mol. The number of H-pyrrole nitrogens is 1. The molecule has 3 N–H and O–H groups in total. The maximum atomic E-state index is 12.6. The Morgan fingerprint density at radius 3 is 2.84 bits per heavy atom. The average Bonchev–Trinajstić information content (AvgIpc) is 3.04. The molecular weight excluding hydrogens is 436 g/mol. The van der Waals surface area contributed by atoms with Gasteiger partial charge in [-0.1, -0.05) is 6.07 Å². The topological polar surface area (TPSA) is 113 Å². The standard InChI is InChI=1S/C21H24N4O4S2/c1-11-12(2)31-21-18(11)20(28)24-16(25-21)10-30-13(3)19(27)23-14-6-5-7-15(8-14)29-9-17(26)22-4/h5-8,13H,9-10H2,1-4H3,(H,22,26)(H,23,27)(H,24,25,28). The Hall–Kier alpha value is -2.85. The lowest BCUT2D eigenvalue weighted by Crippen LogP contribution is -2.25. The van der Waals surface area contributed by atoms with Gasteiger partial charge in [-0.2, -0.15) is 0 Å². The molecule has 0 aliphatic carbocycles. The number of benzene rings is 1. The van der Waals surface area contributed by atoms with Crippen LogP contribution in [0.15, 0.2) is 29.1 Å². The van der Waals surface area contributed by atoms with Crippen LogP contribution in [0.25, 0.3) is 10.2 Å². The molecule has 0 aliphatic rings. The van der Waals surface area contributed by atoms with Gasteiger partial charge in [0.2, 0.25) is 5.91 Å². The van der Waals surface area contributed by atoms with E-state index in [1.165, 1.54) is 30.1 Å². The van der Waals surface area contributed by atoms with Crippen LogP contribution in [0.2, 0.25) is 0 Å². The fraction of sp³-hybridized carbons (Fsp3) is 0.333. The lowest BCUT2D eigenvalue weighted by atomic mass is 10.2. The van der Waals surface area contributed by atoms with Crippen LogP contribution in [0, 0.1) is 13.8 Å². The van der Waals surface area contributed by atoms with Crippen molar-refractivity contribution in [1.82, 2.24) is 15.3 Å². The first-order chi connectivity index (χ1) is 14.8. The number of likely N-dealkylation sites (N-methyl/N-ethyl adjacent to an activating group) is 1. The highest BCUT2D eigenvalue weighted by Gasteiger charge is 2.16. The van der Waals surface area contributed by atoms with Gasteiger partial charge in [0.05, 0.1) is 16.4 Å². The summed E-state index contributed by atoms with van der Waals surface area (Å²) in [6.07, 6.45) is 0. The van der Waals surface area contributed by atoms with E-state index < -0.39 is 0 Å². The second kappa shape index (κ2) is 9.97. The summed E-state index contributed by atoms with van der Waals surface area (Å²) < 4.78 is 5.39. The van der Waals surface area contributed by atoms with E-state index in [-0.39, 0.29) is 29.2 Å². The lowest BCUT2D eigenvalue weighted by molar-refractivity contribution is -0.122. The van der Waals surface area contributed by atoms with Crippen molar-refractivity contribution in [2.45, 2.75) is 31.8 Å². The van der Waals surface area contributed by atoms with Gasteiger partial charge >= 0.3 is 0 Å². The fourth-order valence-corrected chi connectivity index (χ4v) is 4.58. The van der Waals surface area contributed by atoms with E-state index in [4.69, 9.17) is 4.74 Å². The molecule has 10 heteroatoms. The Morgan fingerprint density at radius 2 is 2.10 bits per heavy atom. The number of amides is 2. The molecule has 2 aromatic heterocycles. The van der Waals surface area contributed by atoms with E-state index in [2.05, 4.69) is 20.6 Å². The highest BCUT2D eigenvalue weighted by Crippen LogP contribution is 2.27. The largest absolute Gasteiger partial charge is 0.484 e. The van der Waals surface area contributed by atoms with Crippen molar-refractivity contribution in [3.8, 4) is 5.75 Å². The molecule has 1 aromatic carbocycles. The van der Waals surface area contributed by atoms with Crippen molar-refractivity contribution in [3.05, 3.63) is 50.9 Å². The van der Waals surface area contributed by atoms with Gasteiger partial charge in [0, 0.05) is 23.7 Å². The van der Waals surface area contributed by atoms with Crippen molar-refractivity contribution in [3.63, 3.8) is 0 Å². The van der Waals surface area contributed by atoms with E-state index in [0.29, 0.717) is 28.4 Å². The van der Waals surface area contributed by atoms with Gasteiger partial charge in [-0.15, -0.1) is 23.1 Å². The number of aromatic amines is 1. The van der Waals surface area contributed by atoms with Crippen LogP contribution in [0.4, 0.5) is 5.69 Å². The molecule has 8 nitrogen and oxygen atoms in total. The molecule has 0 spiro atoms. The number of anilines is 1. The molecule has 31 heavy (non-hydrogen) atoms. The van der Waals surface area contributed by atoms with Gasteiger partial charge in [0.15, 0.2) is 6.61 Å². The molecule has 2 amide bonds. The zero-order valence-electron chi connectivity index (χ0n) is 17.7. The number of ether oxygens (including phenoxy) is 1. The van der Waals surface area contributed by atoms with E-state index in [0.717, 1.165) is 15.3 Å². The number of aromatic nitrogens is 2. The van der Waals surface area contributed by atoms with E-state index in [9.17, 15) is 14.4 Å². The first-order valence-electron chi connectivity index (χ1n) is 9.63. The lowest BCUT2D eigenvalue weighted by Gasteiger charge is -2.13. The molecule has 3 aromatic rings. The molecule has 0 bridgehead atoms.